The minimum absolute atomic E-state index is 0.0343. The van der Waals surface area contributed by atoms with Crippen LogP contribution in [0.25, 0.3) is 0 Å². The molecule has 0 bridgehead atoms. The second-order valence-electron chi connectivity index (χ2n) is 3.39. The van der Waals surface area contributed by atoms with Gasteiger partial charge in [-0.3, -0.25) is 0 Å². The maximum Gasteiger partial charge on any atom is 0.209 e. The van der Waals surface area contributed by atoms with Crippen LogP contribution >= 0.6 is 0 Å². The first-order chi connectivity index (χ1) is 7.43. The van der Waals surface area contributed by atoms with Gasteiger partial charge in [-0.1, -0.05) is 6.07 Å². The van der Waals surface area contributed by atoms with Gasteiger partial charge in [-0.2, -0.15) is 0 Å². The molecule has 1 aromatic rings. The average molecular weight is 245 g/mol. The summed E-state index contributed by atoms with van der Waals surface area (Å²) in [5.74, 6) is 0.207. The number of hydrogen-bond acceptors (Lipinski definition) is 5. The molecule has 0 fully saturated rings. The molecule has 0 saturated heterocycles. The summed E-state index contributed by atoms with van der Waals surface area (Å²) in [6.45, 7) is 1.41. The van der Waals surface area contributed by atoms with Gasteiger partial charge in [0.25, 0.3) is 0 Å². The van der Waals surface area contributed by atoms with Crippen molar-refractivity contribution >= 4 is 9.84 Å². The highest BCUT2D eigenvalue weighted by atomic mass is 32.2. The largest absolute Gasteiger partial charge is 0.495 e. The van der Waals surface area contributed by atoms with Crippen LogP contribution in [-0.2, 0) is 9.84 Å². The SMILES string of the molecule is COc1ccc(C)cc1S(=O)(=O)C(O)CN. The number of hydrogen-bond donors (Lipinski definition) is 2. The Kier molecular flexibility index (Phi) is 3.90. The number of aliphatic hydroxyl groups excluding tert-OH is 1. The van der Waals surface area contributed by atoms with E-state index in [-0.39, 0.29) is 17.2 Å². The lowest BCUT2D eigenvalue weighted by Crippen LogP contribution is -2.29. The number of methoxy groups -OCH3 is 1. The number of sulfone groups is 1. The van der Waals surface area contributed by atoms with Crippen molar-refractivity contribution in [3.8, 4) is 5.75 Å². The standard InChI is InChI=1S/C10H15NO4S/c1-7-3-4-8(15-2)9(5-7)16(13,14)10(12)6-11/h3-5,10,12H,6,11H2,1-2H3. The predicted octanol–water partition coefficient (Wildman–Crippen LogP) is 0.0544. The number of ether oxygens (including phenoxy) is 1. The fourth-order valence-electron chi connectivity index (χ4n) is 1.28. The van der Waals surface area contributed by atoms with Gasteiger partial charge in [0.1, 0.15) is 10.6 Å². The normalized spacial score (nSPS) is 13.5. The van der Waals surface area contributed by atoms with Gasteiger partial charge in [0.05, 0.1) is 7.11 Å². The summed E-state index contributed by atoms with van der Waals surface area (Å²) in [6.07, 6.45) is 0. The van der Waals surface area contributed by atoms with Crippen molar-refractivity contribution in [3.63, 3.8) is 0 Å². The summed E-state index contributed by atoms with van der Waals surface area (Å²) in [5, 5.41) is 9.38. The predicted molar refractivity (Wildman–Crippen MR) is 60.0 cm³/mol. The Labute approximate surface area is 94.8 Å². The number of aryl methyl sites for hydroxylation is 1. The van der Waals surface area contributed by atoms with Crippen LogP contribution in [0.4, 0.5) is 0 Å². The Hall–Kier alpha value is -1.11. The smallest absolute Gasteiger partial charge is 0.209 e. The van der Waals surface area contributed by atoms with Gasteiger partial charge < -0.3 is 15.6 Å². The zero-order valence-corrected chi connectivity index (χ0v) is 9.99. The van der Waals surface area contributed by atoms with Crippen molar-refractivity contribution in [1.82, 2.24) is 0 Å². The monoisotopic (exact) mass is 245 g/mol. The Morgan fingerprint density at radius 2 is 2.12 bits per heavy atom. The second-order valence-corrected chi connectivity index (χ2v) is 5.46. The van der Waals surface area contributed by atoms with E-state index in [9.17, 15) is 13.5 Å². The van der Waals surface area contributed by atoms with Crippen LogP contribution in [0.1, 0.15) is 5.56 Å². The third kappa shape index (κ3) is 2.34. The topological polar surface area (TPSA) is 89.6 Å². The molecule has 0 radical (unpaired) electrons. The molecule has 0 spiro atoms. The molecule has 1 aromatic carbocycles. The van der Waals surface area contributed by atoms with E-state index in [1.54, 1.807) is 19.1 Å². The molecule has 16 heavy (non-hydrogen) atoms. The van der Waals surface area contributed by atoms with E-state index >= 15 is 0 Å². The van der Waals surface area contributed by atoms with Gasteiger partial charge >= 0.3 is 0 Å². The third-order valence-corrected chi connectivity index (χ3v) is 4.03. The van der Waals surface area contributed by atoms with Crippen LogP contribution in [-0.4, -0.2) is 32.6 Å². The summed E-state index contributed by atoms with van der Waals surface area (Å²) in [5.41, 5.74) is 4.31. The zero-order chi connectivity index (χ0) is 12.3. The first-order valence-corrected chi connectivity index (χ1v) is 6.24. The van der Waals surface area contributed by atoms with E-state index in [2.05, 4.69) is 0 Å². The maximum atomic E-state index is 11.9. The van der Waals surface area contributed by atoms with E-state index in [4.69, 9.17) is 10.5 Å². The maximum absolute atomic E-state index is 11.9. The number of nitrogens with two attached hydrogens (primary N) is 1. The van der Waals surface area contributed by atoms with Crippen molar-refractivity contribution in [1.29, 1.82) is 0 Å². The number of rotatable bonds is 4. The average Bonchev–Trinajstić information content (AvgIpc) is 2.27. The van der Waals surface area contributed by atoms with Crippen LogP contribution in [0.15, 0.2) is 23.1 Å². The summed E-state index contributed by atoms with van der Waals surface area (Å²) in [7, 11) is -2.48. The first-order valence-electron chi connectivity index (χ1n) is 4.70. The van der Waals surface area contributed by atoms with Crippen LogP contribution in [0.2, 0.25) is 0 Å². The summed E-state index contributed by atoms with van der Waals surface area (Å²) in [4.78, 5) is -0.0343. The second kappa shape index (κ2) is 4.82. The summed E-state index contributed by atoms with van der Waals surface area (Å²) >= 11 is 0. The van der Waals surface area contributed by atoms with E-state index in [1.165, 1.54) is 13.2 Å². The molecule has 6 heteroatoms. The highest BCUT2D eigenvalue weighted by molar-refractivity contribution is 7.92. The van der Waals surface area contributed by atoms with E-state index < -0.39 is 15.3 Å². The molecule has 0 heterocycles. The molecule has 0 aliphatic heterocycles. The van der Waals surface area contributed by atoms with Crippen LogP contribution in [0, 0.1) is 6.92 Å². The molecule has 3 N–H and O–H groups in total. The minimum Gasteiger partial charge on any atom is -0.495 e. The zero-order valence-electron chi connectivity index (χ0n) is 9.17. The molecule has 0 aromatic heterocycles. The molecule has 0 aliphatic rings. The molecule has 90 valence electrons. The van der Waals surface area contributed by atoms with E-state index in [0.717, 1.165) is 5.56 Å². The van der Waals surface area contributed by atoms with E-state index in [0.29, 0.717) is 0 Å². The molecule has 0 saturated carbocycles. The third-order valence-electron chi connectivity index (χ3n) is 2.19. The van der Waals surface area contributed by atoms with Crippen molar-refractivity contribution in [2.75, 3.05) is 13.7 Å². The fraction of sp³-hybridized carbons (Fsp3) is 0.400. The van der Waals surface area contributed by atoms with Gasteiger partial charge in [-0.25, -0.2) is 8.42 Å². The Balaban J connectivity index is 3.37. The lowest BCUT2D eigenvalue weighted by Gasteiger charge is -2.13. The van der Waals surface area contributed by atoms with Gasteiger partial charge in [-0.05, 0) is 24.6 Å². The van der Waals surface area contributed by atoms with Gasteiger partial charge in [0.15, 0.2) is 5.44 Å². The van der Waals surface area contributed by atoms with Gasteiger partial charge in [0.2, 0.25) is 9.84 Å². The quantitative estimate of drug-likeness (QED) is 0.782. The molecular weight excluding hydrogens is 230 g/mol. The molecule has 0 amide bonds. The molecule has 0 aliphatic carbocycles. The molecule has 1 atom stereocenters. The Morgan fingerprint density at radius 3 is 2.62 bits per heavy atom. The van der Waals surface area contributed by atoms with Gasteiger partial charge in [-0.15, -0.1) is 0 Å². The van der Waals surface area contributed by atoms with Crippen molar-refractivity contribution in [2.24, 2.45) is 5.73 Å². The molecule has 5 nitrogen and oxygen atoms in total. The first kappa shape index (κ1) is 13.0. The van der Waals surface area contributed by atoms with Crippen molar-refractivity contribution < 1.29 is 18.3 Å². The lowest BCUT2D eigenvalue weighted by molar-refractivity contribution is 0.256. The van der Waals surface area contributed by atoms with Crippen LogP contribution in [0.5, 0.6) is 5.75 Å². The number of benzene rings is 1. The Morgan fingerprint density at radius 1 is 1.50 bits per heavy atom. The molecule has 1 unspecified atom stereocenters. The number of aliphatic hydroxyl groups is 1. The summed E-state index contributed by atoms with van der Waals surface area (Å²) < 4.78 is 28.7. The molecule has 1 rings (SSSR count). The Bertz CT molecular complexity index is 470. The van der Waals surface area contributed by atoms with Crippen molar-refractivity contribution in [3.05, 3.63) is 23.8 Å². The van der Waals surface area contributed by atoms with Crippen LogP contribution < -0.4 is 10.5 Å². The highest BCUT2D eigenvalue weighted by Gasteiger charge is 2.27. The van der Waals surface area contributed by atoms with Crippen LogP contribution in [0.3, 0.4) is 0 Å². The summed E-state index contributed by atoms with van der Waals surface area (Å²) in [6, 6.07) is 4.73. The van der Waals surface area contributed by atoms with E-state index in [1.807, 2.05) is 0 Å². The van der Waals surface area contributed by atoms with Gasteiger partial charge in [0, 0.05) is 6.54 Å². The van der Waals surface area contributed by atoms with Crippen molar-refractivity contribution in [2.45, 2.75) is 17.3 Å². The fourth-order valence-corrected chi connectivity index (χ4v) is 2.61. The molecular formula is C10H15NO4S. The minimum atomic E-state index is -3.85. The highest BCUT2D eigenvalue weighted by Crippen LogP contribution is 2.27. The lowest BCUT2D eigenvalue weighted by atomic mass is 10.2.